The minimum atomic E-state index is -4.33. The Morgan fingerprint density at radius 3 is 1.90 bits per heavy atom. The average molecular weight is 154 g/mol. The van der Waals surface area contributed by atoms with Gasteiger partial charge >= 0.3 is 6.18 Å². The molecule has 0 bridgehead atoms. The summed E-state index contributed by atoms with van der Waals surface area (Å²) < 4.78 is 35.1. The van der Waals surface area contributed by atoms with Gasteiger partial charge in [0.05, 0.1) is 0 Å². The fourth-order valence-corrected chi connectivity index (χ4v) is 0.457. The molecule has 0 radical (unpaired) electrons. The topological polar surface area (TPSA) is 52.0 Å². The van der Waals surface area contributed by atoms with Gasteiger partial charge in [0, 0.05) is 18.7 Å². The highest BCUT2D eigenvalue weighted by molar-refractivity contribution is 5.10. The second-order valence-electron chi connectivity index (χ2n) is 1.67. The van der Waals surface area contributed by atoms with Crippen LogP contribution >= 0.6 is 0 Å². The first-order valence-electron chi connectivity index (χ1n) is 2.68. The van der Waals surface area contributed by atoms with Gasteiger partial charge in [0.1, 0.15) is 0 Å². The largest absolute Gasteiger partial charge is 0.413 e. The maximum absolute atomic E-state index is 11.7. The molecule has 0 saturated heterocycles. The molecule has 0 spiro atoms. The van der Waals surface area contributed by atoms with Crippen molar-refractivity contribution >= 4 is 0 Å². The summed E-state index contributed by atoms with van der Waals surface area (Å²) in [6.45, 7) is -0.646. The van der Waals surface area contributed by atoms with E-state index in [4.69, 9.17) is 11.5 Å². The fourth-order valence-electron chi connectivity index (χ4n) is 0.457. The third kappa shape index (κ3) is 2.84. The summed E-state index contributed by atoms with van der Waals surface area (Å²) in [5.74, 6) is 0. The highest BCUT2D eigenvalue weighted by atomic mass is 19.4. The maximum atomic E-state index is 11.7. The van der Waals surface area contributed by atoms with E-state index in [2.05, 4.69) is 0 Å². The van der Waals surface area contributed by atoms with Crippen LogP contribution in [0.2, 0.25) is 0 Å². The lowest BCUT2D eigenvalue weighted by atomic mass is 10.2. The average Bonchev–Trinajstić information content (AvgIpc) is 1.80. The van der Waals surface area contributed by atoms with E-state index in [9.17, 15) is 13.2 Å². The molecule has 0 atom stereocenters. The van der Waals surface area contributed by atoms with Gasteiger partial charge in [0.2, 0.25) is 0 Å². The number of halogens is 3. The molecular weight excluding hydrogens is 145 g/mol. The van der Waals surface area contributed by atoms with E-state index in [-0.39, 0.29) is 6.54 Å². The van der Waals surface area contributed by atoms with Gasteiger partial charge in [0.15, 0.2) is 0 Å². The Labute approximate surface area is 56.7 Å². The Bertz CT molecular complexity index is 127. The first kappa shape index (κ1) is 9.45. The molecule has 2 nitrogen and oxygen atoms in total. The molecule has 0 amide bonds. The van der Waals surface area contributed by atoms with Crippen molar-refractivity contribution in [1.29, 1.82) is 0 Å². The van der Waals surface area contributed by atoms with E-state index in [1.165, 1.54) is 0 Å². The second-order valence-corrected chi connectivity index (χ2v) is 1.67. The zero-order valence-electron chi connectivity index (χ0n) is 5.28. The molecule has 0 aromatic carbocycles. The van der Waals surface area contributed by atoms with Gasteiger partial charge in [-0.1, -0.05) is 6.08 Å². The number of hydrogen-bond donors (Lipinski definition) is 2. The number of hydrogen-bond acceptors (Lipinski definition) is 2. The molecule has 5 heteroatoms. The van der Waals surface area contributed by atoms with E-state index >= 15 is 0 Å². The van der Waals surface area contributed by atoms with Crippen LogP contribution in [0, 0.1) is 0 Å². The standard InChI is InChI=1S/C5H9F3N2/c6-5(7,8)4(3-10)1-2-9/h1H,2-3,9-10H2/b4-1+. The Hall–Kier alpha value is -0.550. The summed E-state index contributed by atoms with van der Waals surface area (Å²) in [5.41, 5.74) is 8.90. The second kappa shape index (κ2) is 3.58. The van der Waals surface area contributed by atoms with E-state index in [1.54, 1.807) is 0 Å². The van der Waals surface area contributed by atoms with Crippen LogP contribution in [0.4, 0.5) is 13.2 Å². The van der Waals surface area contributed by atoms with E-state index in [1.807, 2.05) is 0 Å². The van der Waals surface area contributed by atoms with Crippen molar-refractivity contribution in [3.8, 4) is 0 Å². The predicted octanol–water partition coefficient (Wildman–Crippen LogP) is 0.392. The first-order valence-corrected chi connectivity index (χ1v) is 2.68. The Kier molecular flexibility index (Phi) is 3.38. The SMILES string of the molecule is NC/C=C(\CN)C(F)(F)F. The molecule has 0 rings (SSSR count). The molecule has 4 N–H and O–H groups in total. The zero-order chi connectivity index (χ0) is 8.20. The normalized spacial score (nSPS) is 13.9. The third-order valence-electron chi connectivity index (χ3n) is 0.948. The maximum Gasteiger partial charge on any atom is 0.413 e. The van der Waals surface area contributed by atoms with Crippen molar-refractivity contribution in [2.24, 2.45) is 11.5 Å². The lowest BCUT2D eigenvalue weighted by Crippen LogP contribution is -2.20. The van der Waals surface area contributed by atoms with Crippen LogP contribution in [0.15, 0.2) is 11.6 Å². The molecule has 0 heterocycles. The van der Waals surface area contributed by atoms with Gasteiger partial charge in [-0.05, 0) is 0 Å². The monoisotopic (exact) mass is 154 g/mol. The molecule has 0 saturated carbocycles. The lowest BCUT2D eigenvalue weighted by Gasteiger charge is -2.07. The summed E-state index contributed by atoms with van der Waals surface area (Å²) >= 11 is 0. The minimum absolute atomic E-state index is 0.133. The predicted molar refractivity (Wildman–Crippen MR) is 32.2 cm³/mol. The van der Waals surface area contributed by atoms with Gasteiger partial charge in [0.25, 0.3) is 0 Å². The molecule has 0 aliphatic rings. The van der Waals surface area contributed by atoms with Gasteiger partial charge in [-0.2, -0.15) is 13.2 Å². The molecule has 0 aliphatic heterocycles. The summed E-state index contributed by atoms with van der Waals surface area (Å²) in [6.07, 6.45) is -3.45. The molecule has 10 heavy (non-hydrogen) atoms. The number of nitrogens with two attached hydrogens (primary N) is 2. The molecule has 0 aromatic rings. The minimum Gasteiger partial charge on any atom is -0.327 e. The number of alkyl halides is 3. The molecular formula is C5H9F3N2. The van der Waals surface area contributed by atoms with Crippen molar-refractivity contribution in [3.05, 3.63) is 11.6 Å². The fraction of sp³-hybridized carbons (Fsp3) is 0.600. The number of rotatable bonds is 2. The van der Waals surface area contributed by atoms with E-state index < -0.39 is 18.3 Å². The van der Waals surface area contributed by atoms with Crippen LogP contribution in [0.25, 0.3) is 0 Å². The smallest absolute Gasteiger partial charge is 0.327 e. The summed E-state index contributed by atoms with van der Waals surface area (Å²) in [5, 5.41) is 0. The van der Waals surface area contributed by atoms with Crippen molar-refractivity contribution in [1.82, 2.24) is 0 Å². The van der Waals surface area contributed by atoms with Crippen LogP contribution < -0.4 is 11.5 Å². The third-order valence-corrected chi connectivity index (χ3v) is 0.948. The van der Waals surface area contributed by atoms with Gasteiger partial charge in [-0.15, -0.1) is 0 Å². The Balaban J connectivity index is 4.21. The molecule has 0 aromatic heterocycles. The molecule has 60 valence electrons. The summed E-state index contributed by atoms with van der Waals surface area (Å²) in [6, 6.07) is 0. The van der Waals surface area contributed by atoms with Crippen LogP contribution in [-0.4, -0.2) is 19.3 Å². The Morgan fingerprint density at radius 1 is 1.30 bits per heavy atom. The summed E-state index contributed by atoms with van der Waals surface area (Å²) in [7, 11) is 0. The van der Waals surface area contributed by atoms with E-state index in [0.29, 0.717) is 0 Å². The van der Waals surface area contributed by atoms with Gasteiger partial charge in [-0.25, -0.2) is 0 Å². The molecule has 0 aliphatic carbocycles. The zero-order valence-corrected chi connectivity index (χ0v) is 5.28. The van der Waals surface area contributed by atoms with E-state index in [0.717, 1.165) is 6.08 Å². The van der Waals surface area contributed by atoms with Gasteiger partial charge < -0.3 is 11.5 Å². The van der Waals surface area contributed by atoms with Gasteiger partial charge in [-0.3, -0.25) is 0 Å². The van der Waals surface area contributed by atoms with Crippen molar-refractivity contribution in [2.75, 3.05) is 13.1 Å². The highest BCUT2D eigenvalue weighted by Gasteiger charge is 2.31. The van der Waals surface area contributed by atoms with Crippen molar-refractivity contribution < 1.29 is 13.2 Å². The van der Waals surface area contributed by atoms with Crippen LogP contribution in [-0.2, 0) is 0 Å². The molecule has 0 fully saturated rings. The molecule has 0 unspecified atom stereocenters. The van der Waals surface area contributed by atoms with Crippen molar-refractivity contribution in [2.45, 2.75) is 6.18 Å². The quantitative estimate of drug-likeness (QED) is 0.565. The lowest BCUT2D eigenvalue weighted by molar-refractivity contribution is -0.0923. The van der Waals surface area contributed by atoms with Crippen LogP contribution in [0.3, 0.4) is 0 Å². The highest BCUT2D eigenvalue weighted by Crippen LogP contribution is 2.23. The van der Waals surface area contributed by atoms with Crippen molar-refractivity contribution in [3.63, 3.8) is 0 Å². The Morgan fingerprint density at radius 2 is 1.80 bits per heavy atom. The van der Waals surface area contributed by atoms with Crippen LogP contribution in [0.1, 0.15) is 0 Å². The first-order chi connectivity index (χ1) is 4.52. The summed E-state index contributed by atoms with van der Waals surface area (Å²) in [4.78, 5) is 0. The van der Waals surface area contributed by atoms with Crippen LogP contribution in [0.5, 0.6) is 0 Å².